The summed E-state index contributed by atoms with van der Waals surface area (Å²) in [7, 11) is 1.47. The molecule has 1 aromatic carbocycles. The molecule has 0 bridgehead atoms. The van der Waals surface area contributed by atoms with Gasteiger partial charge in [0.1, 0.15) is 5.75 Å². The average molecular weight is 350 g/mol. The standard InChI is InChI=1S/C16H22N4O3S/c1-10-9-13(7-8-14(10)23-6)24(21,22)19-15-11(2)17-16(20(4)5)18-12(15)3/h7-9,19H,1-6H3. The largest absolute Gasteiger partial charge is 0.496 e. The van der Waals surface area contributed by atoms with Crippen molar-refractivity contribution < 1.29 is 13.2 Å². The van der Waals surface area contributed by atoms with Crippen molar-refractivity contribution in [2.24, 2.45) is 0 Å². The van der Waals surface area contributed by atoms with Crippen LogP contribution < -0.4 is 14.4 Å². The van der Waals surface area contributed by atoms with Crippen LogP contribution in [0.25, 0.3) is 0 Å². The van der Waals surface area contributed by atoms with Gasteiger partial charge in [-0.25, -0.2) is 18.4 Å². The maximum Gasteiger partial charge on any atom is 0.262 e. The summed E-state index contributed by atoms with van der Waals surface area (Å²) in [5.74, 6) is 1.17. The Morgan fingerprint density at radius 3 is 2.12 bits per heavy atom. The van der Waals surface area contributed by atoms with E-state index >= 15 is 0 Å². The third kappa shape index (κ3) is 3.59. The Labute approximate surface area is 142 Å². The maximum absolute atomic E-state index is 12.7. The van der Waals surface area contributed by atoms with Crippen LogP contribution in [0.5, 0.6) is 5.75 Å². The van der Waals surface area contributed by atoms with Gasteiger partial charge in [0.05, 0.1) is 29.1 Å². The van der Waals surface area contributed by atoms with E-state index in [2.05, 4.69) is 14.7 Å². The molecule has 7 nitrogen and oxygen atoms in total. The lowest BCUT2D eigenvalue weighted by atomic mass is 10.2. The highest BCUT2D eigenvalue weighted by Crippen LogP contribution is 2.26. The molecule has 0 atom stereocenters. The fourth-order valence-electron chi connectivity index (χ4n) is 2.26. The molecule has 0 saturated heterocycles. The number of anilines is 2. The molecule has 0 unspecified atom stereocenters. The van der Waals surface area contributed by atoms with Gasteiger partial charge in [0.25, 0.3) is 10.0 Å². The number of hydrogen-bond donors (Lipinski definition) is 1. The Hall–Kier alpha value is -2.35. The molecule has 1 heterocycles. The summed E-state index contributed by atoms with van der Waals surface area (Å²) in [6.07, 6.45) is 0. The molecule has 130 valence electrons. The summed E-state index contributed by atoms with van der Waals surface area (Å²) >= 11 is 0. The minimum atomic E-state index is -3.74. The van der Waals surface area contributed by atoms with E-state index < -0.39 is 10.0 Å². The zero-order valence-corrected chi connectivity index (χ0v) is 15.5. The number of aromatic nitrogens is 2. The van der Waals surface area contributed by atoms with Crippen molar-refractivity contribution in [2.75, 3.05) is 30.8 Å². The second kappa shape index (κ2) is 6.64. The van der Waals surface area contributed by atoms with Gasteiger partial charge in [-0.15, -0.1) is 0 Å². The molecule has 0 amide bonds. The number of rotatable bonds is 5. The smallest absolute Gasteiger partial charge is 0.262 e. The minimum Gasteiger partial charge on any atom is -0.496 e. The lowest BCUT2D eigenvalue weighted by molar-refractivity contribution is 0.411. The van der Waals surface area contributed by atoms with E-state index in [0.717, 1.165) is 5.56 Å². The first-order valence-corrected chi connectivity index (χ1v) is 8.84. The van der Waals surface area contributed by atoms with Gasteiger partial charge in [0, 0.05) is 14.1 Å². The summed E-state index contributed by atoms with van der Waals surface area (Å²) < 4.78 is 33.1. The molecule has 2 aromatic rings. The number of aryl methyl sites for hydroxylation is 3. The lowest BCUT2D eigenvalue weighted by Gasteiger charge is -2.16. The molecule has 0 aliphatic carbocycles. The predicted molar refractivity (Wildman–Crippen MR) is 94.4 cm³/mol. The fourth-order valence-corrected chi connectivity index (χ4v) is 3.52. The van der Waals surface area contributed by atoms with Gasteiger partial charge >= 0.3 is 0 Å². The van der Waals surface area contributed by atoms with Crippen LogP contribution in [-0.2, 0) is 10.0 Å². The van der Waals surface area contributed by atoms with Gasteiger partial charge in [0.15, 0.2) is 0 Å². The summed E-state index contributed by atoms with van der Waals surface area (Å²) in [6.45, 7) is 5.29. The number of sulfonamides is 1. The first kappa shape index (κ1) is 18.0. The van der Waals surface area contributed by atoms with Crippen molar-refractivity contribution in [2.45, 2.75) is 25.7 Å². The monoisotopic (exact) mass is 350 g/mol. The van der Waals surface area contributed by atoms with Crippen molar-refractivity contribution in [3.05, 3.63) is 35.2 Å². The van der Waals surface area contributed by atoms with Crippen LogP contribution in [0.1, 0.15) is 17.0 Å². The van der Waals surface area contributed by atoms with Crippen molar-refractivity contribution in [3.63, 3.8) is 0 Å². The van der Waals surface area contributed by atoms with E-state index in [1.54, 1.807) is 44.9 Å². The van der Waals surface area contributed by atoms with Crippen molar-refractivity contribution in [3.8, 4) is 5.75 Å². The molecule has 0 aliphatic heterocycles. The lowest BCUT2D eigenvalue weighted by Crippen LogP contribution is -2.19. The van der Waals surface area contributed by atoms with Gasteiger partial charge < -0.3 is 9.64 Å². The Kier molecular flexibility index (Phi) is 4.98. The van der Waals surface area contributed by atoms with E-state index in [4.69, 9.17) is 4.74 Å². The fraction of sp³-hybridized carbons (Fsp3) is 0.375. The zero-order valence-electron chi connectivity index (χ0n) is 14.7. The van der Waals surface area contributed by atoms with Gasteiger partial charge in [-0.1, -0.05) is 0 Å². The molecule has 0 saturated carbocycles. The Morgan fingerprint density at radius 1 is 1.08 bits per heavy atom. The van der Waals surface area contributed by atoms with Crippen LogP contribution >= 0.6 is 0 Å². The summed E-state index contributed by atoms with van der Waals surface area (Å²) in [5, 5.41) is 0. The third-order valence-electron chi connectivity index (χ3n) is 3.57. The summed E-state index contributed by atoms with van der Waals surface area (Å²) in [5.41, 5.74) is 2.28. The SMILES string of the molecule is COc1ccc(S(=O)(=O)Nc2c(C)nc(N(C)C)nc2C)cc1C. The first-order chi connectivity index (χ1) is 11.2. The highest BCUT2D eigenvalue weighted by Gasteiger charge is 2.19. The maximum atomic E-state index is 12.7. The van der Waals surface area contributed by atoms with E-state index in [1.165, 1.54) is 6.07 Å². The van der Waals surface area contributed by atoms with Crippen molar-refractivity contribution in [1.29, 1.82) is 0 Å². The van der Waals surface area contributed by atoms with Gasteiger partial charge in [0.2, 0.25) is 5.95 Å². The van der Waals surface area contributed by atoms with E-state index in [1.807, 2.05) is 14.1 Å². The molecule has 24 heavy (non-hydrogen) atoms. The molecule has 0 radical (unpaired) electrons. The van der Waals surface area contributed by atoms with Crippen molar-refractivity contribution in [1.82, 2.24) is 9.97 Å². The molecule has 1 N–H and O–H groups in total. The normalized spacial score (nSPS) is 11.2. The Bertz CT molecular complexity index is 841. The molecule has 8 heteroatoms. The van der Waals surface area contributed by atoms with Crippen LogP contribution in [0.3, 0.4) is 0 Å². The van der Waals surface area contributed by atoms with Crippen LogP contribution in [0.15, 0.2) is 23.1 Å². The number of benzene rings is 1. The van der Waals surface area contributed by atoms with Gasteiger partial charge in [-0.05, 0) is 44.5 Å². The third-order valence-corrected chi connectivity index (χ3v) is 4.92. The number of nitrogens with one attached hydrogen (secondary N) is 1. The molecular formula is C16H22N4O3S. The van der Waals surface area contributed by atoms with Gasteiger partial charge in [-0.2, -0.15) is 0 Å². The highest BCUT2D eigenvalue weighted by molar-refractivity contribution is 7.92. The van der Waals surface area contributed by atoms with E-state index in [-0.39, 0.29) is 4.90 Å². The van der Waals surface area contributed by atoms with Crippen LogP contribution in [-0.4, -0.2) is 39.6 Å². The summed E-state index contributed by atoms with van der Waals surface area (Å²) in [4.78, 5) is 10.6. The van der Waals surface area contributed by atoms with E-state index in [9.17, 15) is 8.42 Å². The second-order valence-electron chi connectivity index (χ2n) is 5.70. The molecule has 2 rings (SSSR count). The van der Waals surface area contributed by atoms with Crippen molar-refractivity contribution >= 4 is 21.7 Å². The second-order valence-corrected chi connectivity index (χ2v) is 7.38. The number of ether oxygens (including phenoxy) is 1. The van der Waals surface area contributed by atoms with Crippen LogP contribution in [0.4, 0.5) is 11.6 Å². The highest BCUT2D eigenvalue weighted by atomic mass is 32.2. The van der Waals surface area contributed by atoms with Crippen LogP contribution in [0, 0.1) is 20.8 Å². The van der Waals surface area contributed by atoms with Gasteiger partial charge in [-0.3, -0.25) is 4.72 Å². The first-order valence-electron chi connectivity index (χ1n) is 7.35. The Balaban J connectivity index is 2.41. The van der Waals surface area contributed by atoms with E-state index in [0.29, 0.717) is 28.8 Å². The summed E-state index contributed by atoms with van der Waals surface area (Å²) in [6, 6.07) is 4.71. The number of methoxy groups -OCH3 is 1. The molecule has 0 spiro atoms. The molecular weight excluding hydrogens is 328 g/mol. The topological polar surface area (TPSA) is 84.4 Å². The number of hydrogen-bond acceptors (Lipinski definition) is 6. The Morgan fingerprint density at radius 2 is 1.67 bits per heavy atom. The average Bonchev–Trinajstić information content (AvgIpc) is 2.50. The zero-order chi connectivity index (χ0) is 18.1. The molecule has 1 aromatic heterocycles. The van der Waals surface area contributed by atoms with Crippen LogP contribution in [0.2, 0.25) is 0 Å². The molecule has 0 aliphatic rings. The molecule has 0 fully saturated rings. The number of nitrogens with zero attached hydrogens (tertiary/aromatic N) is 3. The predicted octanol–water partition coefficient (Wildman–Crippen LogP) is 2.28. The quantitative estimate of drug-likeness (QED) is 0.890. The minimum absolute atomic E-state index is 0.163.